The molecule has 92 valence electrons. The molecule has 1 aromatic carbocycles. The molecular weight excluding hydrogens is 234 g/mol. The van der Waals surface area contributed by atoms with E-state index in [9.17, 15) is 4.79 Å². The van der Waals surface area contributed by atoms with Gasteiger partial charge in [0.25, 0.3) is 0 Å². The maximum absolute atomic E-state index is 11.7. The Hall–Kier alpha value is -1.02. The van der Waals surface area contributed by atoms with E-state index in [0.29, 0.717) is 6.54 Å². The summed E-state index contributed by atoms with van der Waals surface area (Å²) in [6, 6.07) is 7.77. The number of benzene rings is 1. The van der Waals surface area contributed by atoms with Crippen molar-refractivity contribution in [2.24, 2.45) is 11.8 Å². The molecule has 1 saturated carbocycles. The van der Waals surface area contributed by atoms with E-state index in [1.54, 1.807) is 0 Å². The van der Waals surface area contributed by atoms with Crippen LogP contribution in [0.25, 0.3) is 0 Å². The molecule has 0 radical (unpaired) electrons. The van der Waals surface area contributed by atoms with Gasteiger partial charge in [-0.05, 0) is 42.9 Å². The quantitative estimate of drug-likeness (QED) is 0.876. The first-order valence-electron chi connectivity index (χ1n) is 6.17. The standard InChI is InChI=1S/C14H18ClNO/c1-10-7-12(8-10)14(17)16-6-5-11-3-2-4-13(15)9-11/h2-4,9-10,12H,5-8H2,1H3,(H,16,17). The Balaban J connectivity index is 1.71. The highest BCUT2D eigenvalue weighted by atomic mass is 35.5. The largest absolute Gasteiger partial charge is 0.356 e. The molecule has 1 fully saturated rings. The Morgan fingerprint density at radius 3 is 2.88 bits per heavy atom. The molecule has 3 heteroatoms. The van der Waals surface area contributed by atoms with Crippen LogP contribution in [-0.2, 0) is 11.2 Å². The van der Waals surface area contributed by atoms with Gasteiger partial charge in [-0.25, -0.2) is 0 Å². The number of nitrogens with one attached hydrogen (secondary N) is 1. The van der Waals surface area contributed by atoms with Crippen LogP contribution in [0, 0.1) is 11.8 Å². The molecule has 0 heterocycles. The summed E-state index contributed by atoms with van der Waals surface area (Å²) in [6.07, 6.45) is 2.93. The van der Waals surface area contributed by atoms with E-state index in [1.807, 2.05) is 24.3 Å². The van der Waals surface area contributed by atoms with E-state index in [2.05, 4.69) is 12.2 Å². The minimum atomic E-state index is 0.213. The van der Waals surface area contributed by atoms with Gasteiger partial charge in [0, 0.05) is 17.5 Å². The number of carbonyl (C=O) groups is 1. The van der Waals surface area contributed by atoms with Crippen LogP contribution in [0.4, 0.5) is 0 Å². The molecule has 0 unspecified atom stereocenters. The first-order chi connectivity index (χ1) is 8.15. The topological polar surface area (TPSA) is 29.1 Å². The van der Waals surface area contributed by atoms with Gasteiger partial charge >= 0.3 is 0 Å². The van der Waals surface area contributed by atoms with Crippen LogP contribution in [-0.4, -0.2) is 12.5 Å². The van der Waals surface area contributed by atoms with Gasteiger partial charge in [-0.1, -0.05) is 30.7 Å². The van der Waals surface area contributed by atoms with Crippen LogP contribution in [0.1, 0.15) is 25.3 Å². The van der Waals surface area contributed by atoms with Gasteiger partial charge in [-0.2, -0.15) is 0 Å². The zero-order valence-electron chi connectivity index (χ0n) is 10.1. The first-order valence-corrected chi connectivity index (χ1v) is 6.55. The number of amides is 1. The molecule has 0 spiro atoms. The van der Waals surface area contributed by atoms with Crippen molar-refractivity contribution in [1.29, 1.82) is 0 Å². The maximum atomic E-state index is 11.7. The normalized spacial score (nSPS) is 22.9. The molecule has 0 aromatic heterocycles. The second-order valence-electron chi connectivity index (χ2n) is 4.94. The lowest BCUT2D eigenvalue weighted by atomic mass is 9.76. The zero-order chi connectivity index (χ0) is 12.3. The average molecular weight is 252 g/mol. The van der Waals surface area contributed by atoms with E-state index in [-0.39, 0.29) is 11.8 Å². The van der Waals surface area contributed by atoms with Gasteiger partial charge in [-0.3, -0.25) is 4.79 Å². The number of halogens is 1. The monoisotopic (exact) mass is 251 g/mol. The molecular formula is C14H18ClNO. The Kier molecular flexibility index (Phi) is 4.06. The van der Waals surface area contributed by atoms with Crippen LogP contribution in [0.3, 0.4) is 0 Å². The maximum Gasteiger partial charge on any atom is 0.223 e. The summed E-state index contributed by atoms with van der Waals surface area (Å²) in [6.45, 7) is 2.89. The molecule has 1 aliphatic carbocycles. The summed E-state index contributed by atoms with van der Waals surface area (Å²) in [7, 11) is 0. The lowest BCUT2D eigenvalue weighted by Gasteiger charge is -2.31. The summed E-state index contributed by atoms with van der Waals surface area (Å²) in [4.78, 5) is 11.7. The van der Waals surface area contributed by atoms with Crippen molar-refractivity contribution in [3.63, 3.8) is 0 Å². The summed E-state index contributed by atoms with van der Waals surface area (Å²) < 4.78 is 0. The third kappa shape index (κ3) is 3.47. The highest BCUT2D eigenvalue weighted by molar-refractivity contribution is 6.30. The van der Waals surface area contributed by atoms with Gasteiger partial charge in [0.15, 0.2) is 0 Å². The minimum absolute atomic E-state index is 0.213. The average Bonchev–Trinajstić information content (AvgIpc) is 2.25. The fourth-order valence-electron chi connectivity index (χ4n) is 2.28. The predicted octanol–water partition coefficient (Wildman–Crippen LogP) is 3.04. The number of carbonyl (C=O) groups excluding carboxylic acids is 1. The molecule has 0 aliphatic heterocycles. The van der Waals surface area contributed by atoms with Crippen molar-refractivity contribution in [3.8, 4) is 0 Å². The third-order valence-corrected chi connectivity index (χ3v) is 3.58. The van der Waals surface area contributed by atoms with Crippen molar-refractivity contribution in [1.82, 2.24) is 5.32 Å². The summed E-state index contributed by atoms with van der Waals surface area (Å²) in [5.41, 5.74) is 1.17. The molecule has 1 amide bonds. The summed E-state index contributed by atoms with van der Waals surface area (Å²) >= 11 is 5.90. The van der Waals surface area contributed by atoms with Crippen LogP contribution < -0.4 is 5.32 Å². The van der Waals surface area contributed by atoms with E-state index in [4.69, 9.17) is 11.6 Å². The van der Waals surface area contributed by atoms with Crippen LogP contribution in [0.5, 0.6) is 0 Å². The first kappa shape index (κ1) is 12.4. The van der Waals surface area contributed by atoms with Crippen molar-refractivity contribution in [2.45, 2.75) is 26.2 Å². The minimum Gasteiger partial charge on any atom is -0.356 e. The lowest BCUT2D eigenvalue weighted by Crippen LogP contribution is -2.38. The van der Waals surface area contributed by atoms with Gasteiger partial charge < -0.3 is 5.32 Å². The zero-order valence-corrected chi connectivity index (χ0v) is 10.8. The van der Waals surface area contributed by atoms with Gasteiger partial charge in [0.2, 0.25) is 5.91 Å². The van der Waals surface area contributed by atoms with E-state index in [1.165, 1.54) is 5.56 Å². The van der Waals surface area contributed by atoms with E-state index in [0.717, 1.165) is 30.2 Å². The molecule has 1 N–H and O–H groups in total. The smallest absolute Gasteiger partial charge is 0.223 e. The van der Waals surface area contributed by atoms with Gasteiger partial charge in [-0.15, -0.1) is 0 Å². The molecule has 1 aromatic rings. The molecule has 17 heavy (non-hydrogen) atoms. The van der Waals surface area contributed by atoms with Crippen molar-refractivity contribution < 1.29 is 4.79 Å². The number of hydrogen-bond donors (Lipinski definition) is 1. The second kappa shape index (κ2) is 5.54. The molecule has 0 atom stereocenters. The van der Waals surface area contributed by atoms with Crippen molar-refractivity contribution in [2.75, 3.05) is 6.54 Å². The number of hydrogen-bond acceptors (Lipinski definition) is 1. The van der Waals surface area contributed by atoms with Gasteiger partial charge in [0.1, 0.15) is 0 Å². The molecule has 0 bridgehead atoms. The van der Waals surface area contributed by atoms with E-state index < -0.39 is 0 Å². The summed E-state index contributed by atoms with van der Waals surface area (Å²) in [5, 5.41) is 3.74. The second-order valence-corrected chi connectivity index (χ2v) is 5.38. The molecule has 1 aliphatic rings. The van der Waals surface area contributed by atoms with Crippen LogP contribution in [0.2, 0.25) is 5.02 Å². The highest BCUT2D eigenvalue weighted by Crippen LogP contribution is 2.32. The SMILES string of the molecule is CC1CC(C(=O)NCCc2cccc(Cl)c2)C1. The molecule has 2 rings (SSSR count). The molecule has 2 nitrogen and oxygen atoms in total. The number of rotatable bonds is 4. The Morgan fingerprint density at radius 1 is 1.47 bits per heavy atom. The van der Waals surface area contributed by atoms with Crippen molar-refractivity contribution >= 4 is 17.5 Å². The fourth-order valence-corrected chi connectivity index (χ4v) is 2.50. The lowest BCUT2D eigenvalue weighted by molar-refractivity contribution is -0.128. The third-order valence-electron chi connectivity index (χ3n) is 3.35. The van der Waals surface area contributed by atoms with Crippen LogP contribution >= 0.6 is 11.6 Å². The van der Waals surface area contributed by atoms with Gasteiger partial charge in [0.05, 0.1) is 0 Å². The fraction of sp³-hybridized carbons (Fsp3) is 0.500. The highest BCUT2D eigenvalue weighted by Gasteiger charge is 2.30. The van der Waals surface area contributed by atoms with Crippen molar-refractivity contribution in [3.05, 3.63) is 34.9 Å². The Morgan fingerprint density at radius 2 is 2.24 bits per heavy atom. The van der Waals surface area contributed by atoms with Crippen LogP contribution in [0.15, 0.2) is 24.3 Å². The van der Waals surface area contributed by atoms with E-state index >= 15 is 0 Å². The molecule has 0 saturated heterocycles. The predicted molar refractivity (Wildman–Crippen MR) is 70.1 cm³/mol. The Bertz CT molecular complexity index is 399. The summed E-state index contributed by atoms with van der Waals surface area (Å²) in [5.74, 6) is 1.19. The Labute approximate surface area is 107 Å².